The normalized spacial score (nSPS) is 13.1. The summed E-state index contributed by atoms with van der Waals surface area (Å²) in [7, 11) is 2.06. The van der Waals surface area contributed by atoms with Gasteiger partial charge in [-0.25, -0.2) is 0 Å². The molecule has 1 atom stereocenters. The van der Waals surface area contributed by atoms with E-state index in [-0.39, 0.29) is 0 Å². The molecule has 3 heteroatoms. The first-order valence-corrected chi connectivity index (χ1v) is 7.23. The van der Waals surface area contributed by atoms with Crippen LogP contribution in [0.1, 0.15) is 48.4 Å². The maximum Gasteiger partial charge on any atom is 0.0412 e. The molecule has 0 saturated heterocycles. The molecule has 1 nitrogen and oxygen atoms in total. The molecule has 15 heavy (non-hydrogen) atoms. The van der Waals surface area contributed by atoms with Gasteiger partial charge in [0.25, 0.3) is 0 Å². The average molecular weight is 290 g/mol. The molecule has 0 fully saturated rings. The summed E-state index contributed by atoms with van der Waals surface area (Å²) in [5.41, 5.74) is 0. The molecule has 0 saturated carbocycles. The van der Waals surface area contributed by atoms with Crippen molar-refractivity contribution in [3.8, 4) is 0 Å². The van der Waals surface area contributed by atoms with Crippen LogP contribution >= 0.6 is 27.3 Å². The van der Waals surface area contributed by atoms with Crippen LogP contribution in [0.3, 0.4) is 0 Å². The van der Waals surface area contributed by atoms with Crippen molar-refractivity contribution in [2.45, 2.75) is 45.6 Å². The minimum Gasteiger partial charge on any atom is -0.312 e. The number of rotatable bonds is 6. The predicted molar refractivity (Wildman–Crippen MR) is 72.7 cm³/mol. The smallest absolute Gasteiger partial charge is 0.0412 e. The Balaban J connectivity index is 2.57. The summed E-state index contributed by atoms with van der Waals surface area (Å²) in [6, 6.07) is 2.79. The van der Waals surface area contributed by atoms with E-state index in [1.54, 1.807) is 0 Å². The van der Waals surface area contributed by atoms with E-state index in [0.717, 1.165) is 0 Å². The Morgan fingerprint density at radius 2 is 2.20 bits per heavy atom. The fraction of sp³-hybridized carbons (Fsp3) is 0.667. The number of unbranched alkanes of at least 4 members (excludes halogenated alkanes) is 2. The summed E-state index contributed by atoms with van der Waals surface area (Å²) in [4.78, 5) is 2.83. The Hall–Kier alpha value is 0.140. The van der Waals surface area contributed by atoms with Crippen molar-refractivity contribution in [2.24, 2.45) is 0 Å². The van der Waals surface area contributed by atoms with Gasteiger partial charge in [-0.3, -0.25) is 0 Å². The fourth-order valence-corrected chi connectivity index (χ4v) is 3.39. The van der Waals surface area contributed by atoms with Gasteiger partial charge in [0.2, 0.25) is 0 Å². The van der Waals surface area contributed by atoms with E-state index >= 15 is 0 Å². The second kappa shape index (κ2) is 6.66. The van der Waals surface area contributed by atoms with Gasteiger partial charge in [0.1, 0.15) is 0 Å². The van der Waals surface area contributed by atoms with E-state index in [2.05, 4.69) is 48.2 Å². The second-order valence-electron chi connectivity index (χ2n) is 3.89. The maximum atomic E-state index is 3.58. The van der Waals surface area contributed by atoms with E-state index in [4.69, 9.17) is 0 Å². The Kier molecular flexibility index (Phi) is 5.87. The van der Waals surface area contributed by atoms with Crippen LogP contribution in [0.25, 0.3) is 0 Å². The number of hydrogen-bond acceptors (Lipinski definition) is 2. The molecule has 1 N–H and O–H groups in total. The lowest BCUT2D eigenvalue weighted by Gasteiger charge is -2.13. The molecule has 1 unspecified atom stereocenters. The zero-order valence-corrected chi connectivity index (χ0v) is 12.2. The summed E-state index contributed by atoms with van der Waals surface area (Å²) in [6.07, 6.45) is 5.20. The lowest BCUT2D eigenvalue weighted by atomic mass is 10.1. The SMILES string of the molecule is CCCCCC(NC)c1cc(Br)c(C)s1. The van der Waals surface area contributed by atoms with Crippen molar-refractivity contribution in [1.29, 1.82) is 0 Å². The Labute approximate surface area is 105 Å². The summed E-state index contributed by atoms with van der Waals surface area (Å²) < 4.78 is 1.25. The highest BCUT2D eigenvalue weighted by Gasteiger charge is 2.12. The lowest BCUT2D eigenvalue weighted by molar-refractivity contribution is 0.518. The zero-order chi connectivity index (χ0) is 11.3. The van der Waals surface area contributed by atoms with Crippen molar-refractivity contribution >= 4 is 27.3 Å². The van der Waals surface area contributed by atoms with Crippen LogP contribution < -0.4 is 5.32 Å². The van der Waals surface area contributed by atoms with Crippen LogP contribution in [-0.4, -0.2) is 7.05 Å². The van der Waals surface area contributed by atoms with Gasteiger partial charge in [0, 0.05) is 20.3 Å². The van der Waals surface area contributed by atoms with Crippen LogP contribution in [0.15, 0.2) is 10.5 Å². The van der Waals surface area contributed by atoms with Crippen molar-refractivity contribution in [3.63, 3.8) is 0 Å². The molecule has 0 bridgehead atoms. The van der Waals surface area contributed by atoms with Crippen molar-refractivity contribution in [1.82, 2.24) is 5.32 Å². The first kappa shape index (κ1) is 13.2. The third-order valence-electron chi connectivity index (χ3n) is 2.66. The monoisotopic (exact) mass is 289 g/mol. The highest BCUT2D eigenvalue weighted by atomic mass is 79.9. The van der Waals surface area contributed by atoms with Gasteiger partial charge in [-0.2, -0.15) is 0 Å². The molecular formula is C12H20BrNS. The van der Waals surface area contributed by atoms with E-state index < -0.39 is 0 Å². The summed E-state index contributed by atoms with van der Waals surface area (Å²) in [5.74, 6) is 0. The minimum atomic E-state index is 0.534. The fourth-order valence-electron chi connectivity index (χ4n) is 1.68. The lowest BCUT2D eigenvalue weighted by Crippen LogP contribution is -2.14. The van der Waals surface area contributed by atoms with Crippen LogP contribution in [0.2, 0.25) is 0 Å². The third-order valence-corrected chi connectivity index (χ3v) is 4.91. The summed E-state index contributed by atoms with van der Waals surface area (Å²) >= 11 is 5.47. The number of halogens is 1. The predicted octanol–water partition coefficient (Wildman–Crippen LogP) is 4.66. The second-order valence-corrected chi connectivity index (χ2v) is 6.03. The van der Waals surface area contributed by atoms with Crippen LogP contribution in [0, 0.1) is 6.92 Å². The van der Waals surface area contributed by atoms with Gasteiger partial charge in [-0.1, -0.05) is 26.2 Å². The van der Waals surface area contributed by atoms with Gasteiger partial charge in [-0.05, 0) is 42.4 Å². The van der Waals surface area contributed by atoms with Crippen molar-refractivity contribution in [3.05, 3.63) is 20.3 Å². The third kappa shape index (κ3) is 3.89. The molecule has 0 aromatic carbocycles. The first-order chi connectivity index (χ1) is 7.19. The summed E-state index contributed by atoms with van der Waals surface area (Å²) in [5, 5.41) is 3.41. The molecule has 0 amide bonds. The number of nitrogens with one attached hydrogen (secondary N) is 1. The molecular weight excluding hydrogens is 270 g/mol. The van der Waals surface area contributed by atoms with Gasteiger partial charge < -0.3 is 5.32 Å². The molecule has 1 aromatic rings. The van der Waals surface area contributed by atoms with Gasteiger partial charge in [0.15, 0.2) is 0 Å². The largest absolute Gasteiger partial charge is 0.312 e. The average Bonchev–Trinajstić information content (AvgIpc) is 2.54. The minimum absolute atomic E-state index is 0.534. The standard InChI is InChI=1S/C12H20BrNS/c1-4-5-6-7-11(14-3)12-8-10(13)9(2)15-12/h8,11,14H,4-7H2,1-3H3. The van der Waals surface area contributed by atoms with Crippen molar-refractivity contribution < 1.29 is 0 Å². The molecule has 0 aliphatic carbocycles. The first-order valence-electron chi connectivity index (χ1n) is 5.62. The van der Waals surface area contributed by atoms with Crippen LogP contribution in [0.5, 0.6) is 0 Å². The Bertz CT molecular complexity index is 276. The van der Waals surface area contributed by atoms with E-state index in [1.807, 2.05) is 11.3 Å². The number of hydrogen-bond donors (Lipinski definition) is 1. The highest BCUT2D eigenvalue weighted by Crippen LogP contribution is 2.32. The molecule has 0 radical (unpaired) electrons. The molecule has 0 aliphatic rings. The molecule has 0 aliphatic heterocycles. The molecule has 1 rings (SSSR count). The number of aryl methyl sites for hydroxylation is 1. The van der Waals surface area contributed by atoms with Crippen LogP contribution in [0.4, 0.5) is 0 Å². The topological polar surface area (TPSA) is 12.0 Å². The highest BCUT2D eigenvalue weighted by molar-refractivity contribution is 9.10. The van der Waals surface area contributed by atoms with Crippen molar-refractivity contribution in [2.75, 3.05) is 7.05 Å². The van der Waals surface area contributed by atoms with E-state index in [9.17, 15) is 0 Å². The van der Waals surface area contributed by atoms with Gasteiger partial charge in [0.05, 0.1) is 0 Å². The molecule has 1 aromatic heterocycles. The molecule has 0 spiro atoms. The maximum absolute atomic E-state index is 3.58. The summed E-state index contributed by atoms with van der Waals surface area (Å²) in [6.45, 7) is 4.41. The molecule has 86 valence electrons. The number of thiophene rings is 1. The zero-order valence-electron chi connectivity index (χ0n) is 9.77. The van der Waals surface area contributed by atoms with Gasteiger partial charge in [-0.15, -0.1) is 11.3 Å². The molecule has 1 heterocycles. The quantitative estimate of drug-likeness (QED) is 0.751. The Morgan fingerprint density at radius 3 is 2.67 bits per heavy atom. The van der Waals surface area contributed by atoms with Gasteiger partial charge >= 0.3 is 0 Å². The van der Waals surface area contributed by atoms with E-state index in [0.29, 0.717) is 6.04 Å². The van der Waals surface area contributed by atoms with E-state index in [1.165, 1.54) is 39.9 Å². The Morgan fingerprint density at radius 1 is 1.47 bits per heavy atom. The van der Waals surface area contributed by atoms with Crippen LogP contribution in [-0.2, 0) is 0 Å².